The molecule has 102 valence electrons. The lowest BCUT2D eigenvalue weighted by molar-refractivity contribution is -0.138. The summed E-state index contributed by atoms with van der Waals surface area (Å²) in [4.78, 5) is 10.8. The van der Waals surface area contributed by atoms with E-state index in [1.165, 1.54) is 6.07 Å². The van der Waals surface area contributed by atoms with Gasteiger partial charge in [0.05, 0.1) is 6.42 Å². The van der Waals surface area contributed by atoms with Gasteiger partial charge >= 0.3 is 5.97 Å². The summed E-state index contributed by atoms with van der Waals surface area (Å²) in [5.41, 5.74) is -0.470. The van der Waals surface area contributed by atoms with Crippen LogP contribution in [-0.2, 0) is 14.8 Å². The van der Waals surface area contributed by atoms with E-state index in [-0.39, 0.29) is 10.6 Å². The van der Waals surface area contributed by atoms with Gasteiger partial charge in [-0.05, 0) is 16.9 Å². The highest BCUT2D eigenvalue weighted by molar-refractivity contribution is 7.91. The van der Waals surface area contributed by atoms with Crippen LogP contribution in [0.2, 0.25) is 0 Å². The molecule has 0 fully saturated rings. The summed E-state index contributed by atoms with van der Waals surface area (Å²) in [7, 11) is -3.64. The summed E-state index contributed by atoms with van der Waals surface area (Å²) in [6.07, 6.45) is -0.242. The first-order chi connectivity index (χ1) is 8.13. The lowest BCUT2D eigenvalue weighted by Crippen LogP contribution is -2.44. The third kappa shape index (κ3) is 4.08. The first kappa shape index (κ1) is 15.1. The minimum Gasteiger partial charge on any atom is -0.481 e. The molecule has 2 N–H and O–H groups in total. The summed E-state index contributed by atoms with van der Waals surface area (Å²) < 4.78 is 26.7. The van der Waals surface area contributed by atoms with E-state index < -0.39 is 27.4 Å². The molecule has 5 nitrogen and oxygen atoms in total. The Labute approximate surface area is 111 Å². The SMILES string of the molecule is CC(C)(C)C(CC(=O)O)NS(=O)(=O)c1cccs1. The standard InChI is InChI=1S/C11H17NO4S2/c1-11(2,3)8(7-9(13)14)12-18(15,16)10-5-4-6-17-10/h4-6,8,12H,7H2,1-3H3,(H,13,14). The van der Waals surface area contributed by atoms with Gasteiger partial charge in [0, 0.05) is 6.04 Å². The highest BCUT2D eigenvalue weighted by atomic mass is 32.2. The first-order valence-corrected chi connectivity index (χ1v) is 7.77. The molecule has 0 aliphatic carbocycles. The van der Waals surface area contributed by atoms with E-state index >= 15 is 0 Å². The molecule has 7 heteroatoms. The topological polar surface area (TPSA) is 83.5 Å². The minimum absolute atomic E-state index is 0.196. The van der Waals surface area contributed by atoms with Gasteiger partial charge in [-0.15, -0.1) is 11.3 Å². The lowest BCUT2D eigenvalue weighted by atomic mass is 9.85. The van der Waals surface area contributed by atoms with Gasteiger partial charge in [0.1, 0.15) is 4.21 Å². The van der Waals surface area contributed by atoms with Crippen LogP contribution in [0.1, 0.15) is 27.2 Å². The van der Waals surface area contributed by atoms with Crippen LogP contribution in [0, 0.1) is 5.41 Å². The van der Waals surface area contributed by atoms with Gasteiger partial charge < -0.3 is 5.11 Å². The number of nitrogens with one attached hydrogen (secondary N) is 1. The van der Waals surface area contributed by atoms with Gasteiger partial charge in [0.25, 0.3) is 0 Å². The molecule has 1 rings (SSSR count). The number of carbonyl (C=O) groups is 1. The fraction of sp³-hybridized carbons (Fsp3) is 0.545. The van der Waals surface area contributed by atoms with Crippen molar-refractivity contribution in [1.82, 2.24) is 4.72 Å². The summed E-state index contributed by atoms with van der Waals surface area (Å²) in [5.74, 6) is -1.02. The number of hydrogen-bond acceptors (Lipinski definition) is 4. The molecule has 1 aromatic heterocycles. The number of carboxylic acid groups (broad SMARTS) is 1. The third-order valence-corrected chi connectivity index (χ3v) is 5.35. The fourth-order valence-corrected chi connectivity index (χ4v) is 3.81. The van der Waals surface area contributed by atoms with E-state index in [0.29, 0.717) is 0 Å². The molecule has 0 saturated heterocycles. The van der Waals surface area contributed by atoms with Crippen LogP contribution < -0.4 is 4.72 Å². The number of aliphatic carboxylic acids is 1. The number of thiophene rings is 1. The van der Waals surface area contributed by atoms with E-state index in [9.17, 15) is 13.2 Å². The van der Waals surface area contributed by atoms with Gasteiger partial charge in [0.2, 0.25) is 10.0 Å². The van der Waals surface area contributed by atoms with Crippen molar-refractivity contribution in [2.24, 2.45) is 5.41 Å². The smallest absolute Gasteiger partial charge is 0.304 e. The summed E-state index contributed by atoms with van der Waals surface area (Å²) in [6.45, 7) is 5.41. The molecule has 0 aromatic carbocycles. The van der Waals surface area contributed by atoms with E-state index in [1.54, 1.807) is 32.2 Å². The maximum absolute atomic E-state index is 12.0. The van der Waals surface area contributed by atoms with E-state index in [2.05, 4.69) is 4.72 Å². The molecule has 0 saturated carbocycles. The molecule has 18 heavy (non-hydrogen) atoms. The number of sulfonamides is 1. The van der Waals surface area contributed by atoms with Crippen molar-refractivity contribution >= 4 is 27.3 Å². The fourth-order valence-electron chi connectivity index (χ4n) is 1.36. The second kappa shape index (κ2) is 5.38. The van der Waals surface area contributed by atoms with Crippen molar-refractivity contribution in [2.45, 2.75) is 37.4 Å². The highest BCUT2D eigenvalue weighted by Gasteiger charge is 2.31. The maximum Gasteiger partial charge on any atom is 0.304 e. The Hall–Kier alpha value is -0.920. The Morgan fingerprint density at radius 1 is 1.50 bits per heavy atom. The monoisotopic (exact) mass is 291 g/mol. The number of hydrogen-bond donors (Lipinski definition) is 2. The average molecular weight is 291 g/mol. The number of rotatable bonds is 5. The third-order valence-electron chi connectivity index (χ3n) is 2.48. The van der Waals surface area contributed by atoms with Gasteiger partial charge in [-0.2, -0.15) is 0 Å². The van der Waals surface area contributed by atoms with Crippen molar-refractivity contribution < 1.29 is 18.3 Å². The van der Waals surface area contributed by atoms with Gasteiger partial charge in [-0.25, -0.2) is 13.1 Å². The molecule has 1 heterocycles. The van der Waals surface area contributed by atoms with Gasteiger partial charge in [-0.1, -0.05) is 26.8 Å². The van der Waals surface area contributed by atoms with Crippen molar-refractivity contribution in [3.8, 4) is 0 Å². The molecule has 0 bridgehead atoms. The Morgan fingerprint density at radius 3 is 2.50 bits per heavy atom. The molecular formula is C11H17NO4S2. The van der Waals surface area contributed by atoms with Gasteiger partial charge in [-0.3, -0.25) is 4.79 Å². The first-order valence-electron chi connectivity index (χ1n) is 5.40. The largest absolute Gasteiger partial charge is 0.481 e. The zero-order valence-corrected chi connectivity index (χ0v) is 12.1. The molecule has 0 spiro atoms. The van der Waals surface area contributed by atoms with Crippen LogP contribution in [0.4, 0.5) is 0 Å². The second-order valence-electron chi connectivity index (χ2n) is 5.07. The van der Waals surface area contributed by atoms with Crippen molar-refractivity contribution in [2.75, 3.05) is 0 Å². The second-order valence-corrected chi connectivity index (χ2v) is 7.96. The Kier molecular flexibility index (Phi) is 4.52. The molecular weight excluding hydrogens is 274 g/mol. The number of carboxylic acids is 1. The zero-order valence-electron chi connectivity index (χ0n) is 10.5. The minimum atomic E-state index is -3.64. The summed E-state index contributed by atoms with van der Waals surface area (Å²) >= 11 is 1.10. The molecule has 1 atom stereocenters. The van der Waals surface area contributed by atoms with Crippen molar-refractivity contribution in [3.63, 3.8) is 0 Å². The summed E-state index contributed by atoms with van der Waals surface area (Å²) in [5, 5.41) is 10.5. The quantitative estimate of drug-likeness (QED) is 0.868. The normalized spacial score (nSPS) is 14.4. The van der Waals surface area contributed by atoms with Crippen LogP contribution in [0.15, 0.2) is 21.7 Å². The Morgan fingerprint density at radius 2 is 2.11 bits per heavy atom. The van der Waals surface area contributed by atoms with E-state index in [1.807, 2.05) is 0 Å². The lowest BCUT2D eigenvalue weighted by Gasteiger charge is -2.29. The van der Waals surface area contributed by atoms with Crippen LogP contribution in [0.25, 0.3) is 0 Å². The Bertz CT molecular complexity index is 500. The molecule has 1 unspecified atom stereocenters. The zero-order chi connectivity index (χ0) is 14.0. The average Bonchev–Trinajstić information content (AvgIpc) is 2.66. The highest BCUT2D eigenvalue weighted by Crippen LogP contribution is 2.25. The van der Waals surface area contributed by atoms with E-state index in [0.717, 1.165) is 11.3 Å². The predicted molar refractivity (Wildman–Crippen MR) is 70.1 cm³/mol. The molecule has 0 aliphatic rings. The predicted octanol–water partition coefficient (Wildman–Crippen LogP) is 1.92. The maximum atomic E-state index is 12.0. The van der Waals surface area contributed by atoms with Crippen molar-refractivity contribution in [3.05, 3.63) is 17.5 Å². The van der Waals surface area contributed by atoms with Crippen LogP contribution in [0.3, 0.4) is 0 Å². The Balaban J connectivity index is 2.94. The van der Waals surface area contributed by atoms with E-state index in [4.69, 9.17) is 5.11 Å². The van der Waals surface area contributed by atoms with Crippen molar-refractivity contribution in [1.29, 1.82) is 0 Å². The van der Waals surface area contributed by atoms with Crippen LogP contribution in [0.5, 0.6) is 0 Å². The van der Waals surface area contributed by atoms with Crippen LogP contribution in [-0.4, -0.2) is 25.5 Å². The molecule has 1 aromatic rings. The van der Waals surface area contributed by atoms with Gasteiger partial charge in [0.15, 0.2) is 0 Å². The van der Waals surface area contributed by atoms with Crippen LogP contribution >= 0.6 is 11.3 Å². The molecule has 0 aliphatic heterocycles. The summed E-state index contributed by atoms with van der Waals surface area (Å²) in [6, 6.07) is 2.48. The molecule has 0 amide bonds. The molecule has 0 radical (unpaired) electrons.